The Morgan fingerprint density at radius 1 is 1.29 bits per heavy atom. The number of aromatic nitrogens is 1. The summed E-state index contributed by atoms with van der Waals surface area (Å²) in [6.45, 7) is 5.97. The van der Waals surface area contributed by atoms with Crippen LogP contribution >= 0.6 is 11.6 Å². The number of hydrogen-bond acceptors (Lipinski definition) is 4. The van der Waals surface area contributed by atoms with Crippen LogP contribution in [0.15, 0.2) is 42.6 Å². The molecule has 1 aromatic heterocycles. The molecule has 0 bridgehead atoms. The van der Waals surface area contributed by atoms with Gasteiger partial charge in [0.1, 0.15) is 0 Å². The average molecular weight is 401 g/mol. The highest BCUT2D eigenvalue weighted by molar-refractivity contribution is 6.31. The summed E-state index contributed by atoms with van der Waals surface area (Å²) in [4.78, 5) is 22.4. The maximum absolute atomic E-state index is 13.5. The number of nitrogens with zero attached hydrogens (tertiary/aromatic N) is 3. The van der Waals surface area contributed by atoms with Crippen LogP contribution in [0.5, 0.6) is 0 Å². The van der Waals surface area contributed by atoms with E-state index in [0.29, 0.717) is 17.1 Å². The molecule has 3 rings (SSSR count). The summed E-state index contributed by atoms with van der Waals surface area (Å²) in [7, 11) is 1.83. The molecule has 5 nitrogen and oxygen atoms in total. The predicted molar refractivity (Wildman–Crippen MR) is 115 cm³/mol. The van der Waals surface area contributed by atoms with E-state index in [1.165, 1.54) is 0 Å². The van der Waals surface area contributed by atoms with Crippen molar-refractivity contribution in [3.05, 3.63) is 58.9 Å². The molecule has 1 fully saturated rings. The number of rotatable bonds is 7. The fraction of sp³-hybridized carbons (Fsp3) is 0.455. The molecular weight excluding hydrogens is 372 g/mol. The Morgan fingerprint density at radius 2 is 2.07 bits per heavy atom. The van der Waals surface area contributed by atoms with Gasteiger partial charge in [-0.25, -0.2) is 0 Å². The van der Waals surface area contributed by atoms with E-state index in [9.17, 15) is 4.79 Å². The van der Waals surface area contributed by atoms with Crippen LogP contribution in [-0.4, -0.2) is 60.0 Å². The smallest absolute Gasteiger partial charge is 0.256 e. The Balaban J connectivity index is 1.82. The van der Waals surface area contributed by atoms with Crippen molar-refractivity contribution in [1.82, 2.24) is 14.8 Å². The molecule has 6 heteroatoms. The zero-order valence-electron chi connectivity index (χ0n) is 16.7. The third kappa shape index (κ3) is 5.03. The molecule has 28 heavy (non-hydrogen) atoms. The lowest BCUT2D eigenvalue weighted by Gasteiger charge is -2.38. The summed E-state index contributed by atoms with van der Waals surface area (Å²) in [6.07, 6.45) is 4.54. The van der Waals surface area contributed by atoms with Crippen molar-refractivity contribution in [2.75, 3.05) is 38.5 Å². The second-order valence-electron chi connectivity index (χ2n) is 7.17. The maximum atomic E-state index is 13.5. The second-order valence-corrected chi connectivity index (χ2v) is 7.61. The first-order valence-corrected chi connectivity index (χ1v) is 10.4. The number of pyridine rings is 1. The summed E-state index contributed by atoms with van der Waals surface area (Å²) in [6, 6.07) is 11.6. The van der Waals surface area contributed by atoms with E-state index in [4.69, 9.17) is 11.6 Å². The van der Waals surface area contributed by atoms with Gasteiger partial charge in [0.2, 0.25) is 0 Å². The van der Waals surface area contributed by atoms with Gasteiger partial charge in [0.05, 0.1) is 5.56 Å². The number of benzene rings is 1. The summed E-state index contributed by atoms with van der Waals surface area (Å²) in [5.74, 6) is 0.0396. The molecule has 0 atom stereocenters. The summed E-state index contributed by atoms with van der Waals surface area (Å²) in [5, 5.41) is 3.70. The van der Waals surface area contributed by atoms with E-state index in [2.05, 4.69) is 22.1 Å². The topological polar surface area (TPSA) is 48.5 Å². The Bertz CT molecular complexity index is 775. The number of carbonyl (C=O) groups is 1. The summed E-state index contributed by atoms with van der Waals surface area (Å²) < 4.78 is 0. The van der Waals surface area contributed by atoms with Gasteiger partial charge in [0, 0.05) is 61.7 Å². The molecule has 0 spiro atoms. The van der Waals surface area contributed by atoms with Crippen LogP contribution < -0.4 is 5.32 Å². The van der Waals surface area contributed by atoms with Crippen molar-refractivity contribution in [1.29, 1.82) is 0 Å². The Morgan fingerprint density at radius 3 is 2.71 bits per heavy atom. The summed E-state index contributed by atoms with van der Waals surface area (Å²) in [5.41, 5.74) is 2.45. The van der Waals surface area contributed by atoms with Crippen LogP contribution in [0.2, 0.25) is 5.02 Å². The molecule has 0 saturated carbocycles. The molecule has 0 aliphatic carbocycles. The monoisotopic (exact) mass is 400 g/mol. The zero-order valence-corrected chi connectivity index (χ0v) is 17.5. The fourth-order valence-corrected chi connectivity index (χ4v) is 4.02. The van der Waals surface area contributed by atoms with Crippen LogP contribution in [-0.2, 0) is 6.42 Å². The number of amides is 1. The summed E-state index contributed by atoms with van der Waals surface area (Å²) >= 11 is 6.20. The first kappa shape index (κ1) is 20.6. The van der Waals surface area contributed by atoms with Crippen molar-refractivity contribution < 1.29 is 4.79 Å². The zero-order chi connectivity index (χ0) is 19.9. The lowest BCUT2D eigenvalue weighted by atomic mass is 10.0. The van der Waals surface area contributed by atoms with Crippen molar-refractivity contribution in [3.8, 4) is 0 Å². The van der Waals surface area contributed by atoms with Gasteiger partial charge in [-0.2, -0.15) is 0 Å². The van der Waals surface area contributed by atoms with E-state index in [1.54, 1.807) is 12.3 Å². The molecule has 2 heterocycles. The molecule has 0 radical (unpaired) electrons. The van der Waals surface area contributed by atoms with Crippen LogP contribution in [0.4, 0.5) is 5.69 Å². The third-order valence-electron chi connectivity index (χ3n) is 5.52. The normalized spacial score (nSPS) is 15.4. The number of piperidine rings is 1. The number of halogens is 1. The first-order valence-electron chi connectivity index (χ1n) is 10.0. The minimum Gasteiger partial charge on any atom is -0.387 e. The van der Waals surface area contributed by atoms with Gasteiger partial charge in [0.15, 0.2) is 0 Å². The predicted octanol–water partition coefficient (Wildman–Crippen LogP) is 3.95. The fourth-order valence-electron chi connectivity index (χ4n) is 3.84. The minimum atomic E-state index is 0.0396. The van der Waals surface area contributed by atoms with Crippen LogP contribution in [0.1, 0.15) is 35.8 Å². The molecule has 1 amide bonds. The van der Waals surface area contributed by atoms with Crippen LogP contribution in [0, 0.1) is 0 Å². The Labute approximate surface area is 172 Å². The molecule has 150 valence electrons. The number of likely N-dealkylation sites (tertiary alicyclic amines) is 1. The molecule has 1 aromatic carbocycles. The molecule has 2 aromatic rings. The van der Waals surface area contributed by atoms with Crippen molar-refractivity contribution in [2.45, 2.75) is 32.2 Å². The highest BCUT2D eigenvalue weighted by atomic mass is 35.5. The van der Waals surface area contributed by atoms with Crippen molar-refractivity contribution in [3.63, 3.8) is 0 Å². The minimum absolute atomic E-state index is 0.0396. The van der Waals surface area contributed by atoms with E-state index >= 15 is 0 Å². The van der Waals surface area contributed by atoms with Gasteiger partial charge < -0.3 is 15.1 Å². The molecule has 1 aliphatic rings. The average Bonchev–Trinajstić information content (AvgIpc) is 2.75. The second kappa shape index (κ2) is 9.89. The molecule has 1 N–H and O–H groups in total. The number of carbonyl (C=O) groups excluding carboxylic acids is 1. The van der Waals surface area contributed by atoms with Gasteiger partial charge >= 0.3 is 0 Å². The largest absolute Gasteiger partial charge is 0.387 e. The molecule has 1 saturated heterocycles. The standard InChI is InChI=1S/C22H29ClN4O/c1-3-26-13-10-19(11-14-26)27(15-9-18-6-4-5-12-25-18)22(28)20-16-17(23)7-8-21(20)24-2/h4-8,12,16,19,24H,3,9-11,13-15H2,1-2H3. The van der Waals surface area contributed by atoms with Gasteiger partial charge in [-0.05, 0) is 49.7 Å². The van der Waals surface area contributed by atoms with Crippen molar-refractivity contribution in [2.24, 2.45) is 0 Å². The molecule has 1 aliphatic heterocycles. The van der Waals surface area contributed by atoms with Gasteiger partial charge in [-0.3, -0.25) is 9.78 Å². The highest BCUT2D eigenvalue weighted by Crippen LogP contribution is 2.25. The quantitative estimate of drug-likeness (QED) is 0.764. The van der Waals surface area contributed by atoms with Crippen molar-refractivity contribution >= 4 is 23.2 Å². The first-order chi connectivity index (χ1) is 13.6. The maximum Gasteiger partial charge on any atom is 0.256 e. The Kier molecular flexibility index (Phi) is 7.29. The van der Waals surface area contributed by atoms with Crippen LogP contribution in [0.25, 0.3) is 0 Å². The number of anilines is 1. The van der Waals surface area contributed by atoms with Gasteiger partial charge in [-0.15, -0.1) is 0 Å². The number of hydrogen-bond donors (Lipinski definition) is 1. The molecular formula is C22H29ClN4O. The van der Waals surface area contributed by atoms with E-state index in [-0.39, 0.29) is 11.9 Å². The number of nitrogens with one attached hydrogen (secondary N) is 1. The van der Waals surface area contributed by atoms with Crippen LogP contribution in [0.3, 0.4) is 0 Å². The lowest BCUT2D eigenvalue weighted by molar-refractivity contribution is 0.0580. The van der Waals surface area contributed by atoms with Gasteiger partial charge in [0.25, 0.3) is 5.91 Å². The van der Waals surface area contributed by atoms with E-state index in [0.717, 1.165) is 50.3 Å². The third-order valence-corrected chi connectivity index (χ3v) is 5.76. The van der Waals surface area contributed by atoms with E-state index < -0.39 is 0 Å². The molecule has 0 unspecified atom stereocenters. The Hall–Kier alpha value is -2.11. The lowest BCUT2D eigenvalue weighted by Crippen LogP contribution is -2.48. The highest BCUT2D eigenvalue weighted by Gasteiger charge is 2.29. The van der Waals surface area contributed by atoms with Gasteiger partial charge in [-0.1, -0.05) is 24.6 Å². The van der Waals surface area contributed by atoms with E-state index in [1.807, 2.05) is 42.3 Å². The SMILES string of the molecule is CCN1CCC(N(CCc2ccccn2)C(=O)c2cc(Cl)ccc2NC)CC1.